The second-order valence-electron chi connectivity index (χ2n) is 3.86. The lowest BCUT2D eigenvalue weighted by Gasteiger charge is -2.13. The third-order valence-corrected chi connectivity index (χ3v) is 3.49. The summed E-state index contributed by atoms with van der Waals surface area (Å²) in [5.74, 6) is 0.758. The first-order valence-electron chi connectivity index (χ1n) is 4.47. The maximum atomic E-state index is 5.96. The summed E-state index contributed by atoms with van der Waals surface area (Å²) in [4.78, 5) is 4.44. The average Bonchev–Trinajstić information content (AvgIpc) is 2.69. The van der Waals surface area contributed by atoms with Gasteiger partial charge >= 0.3 is 0 Å². The fourth-order valence-corrected chi connectivity index (χ4v) is 2.29. The van der Waals surface area contributed by atoms with Gasteiger partial charge in [-0.2, -0.15) is 0 Å². The Morgan fingerprint density at radius 2 is 2.20 bits per heavy atom. The van der Waals surface area contributed by atoms with E-state index in [-0.39, 0.29) is 0 Å². The zero-order chi connectivity index (χ0) is 11.1. The molecule has 2 heterocycles. The smallest absolute Gasteiger partial charge is 0.169 e. The van der Waals surface area contributed by atoms with Crippen molar-refractivity contribution >= 4 is 27.3 Å². The van der Waals surface area contributed by atoms with Gasteiger partial charge in [0.25, 0.3) is 0 Å². The monoisotopic (exact) mass is 286 g/mol. The van der Waals surface area contributed by atoms with Gasteiger partial charge in [-0.1, -0.05) is 0 Å². The molecule has 0 aromatic carbocycles. The van der Waals surface area contributed by atoms with Gasteiger partial charge < -0.3 is 10.2 Å². The lowest BCUT2D eigenvalue weighted by molar-refractivity contribution is 0.542. The van der Waals surface area contributed by atoms with Crippen LogP contribution in [0.5, 0.6) is 0 Å². The molecule has 0 saturated carbocycles. The molecule has 15 heavy (non-hydrogen) atoms. The molecule has 5 heteroatoms. The number of nitrogens with zero attached hydrogens (tertiary/aromatic N) is 1. The average molecular weight is 287 g/mol. The second-order valence-corrected chi connectivity index (χ2v) is 5.50. The summed E-state index contributed by atoms with van der Waals surface area (Å²) in [6.45, 7) is 3.88. The molecule has 0 aliphatic carbocycles. The minimum Gasteiger partial charge on any atom is -0.448 e. The third-order valence-electron chi connectivity index (χ3n) is 1.88. The maximum Gasteiger partial charge on any atom is 0.169 e. The zero-order valence-corrected chi connectivity index (χ0v) is 10.9. The molecule has 0 spiro atoms. The van der Waals surface area contributed by atoms with E-state index >= 15 is 0 Å². The Balaban J connectivity index is 2.36. The van der Waals surface area contributed by atoms with Crippen LogP contribution in [0.3, 0.4) is 0 Å². The van der Waals surface area contributed by atoms with Crippen molar-refractivity contribution in [1.29, 1.82) is 0 Å². The highest BCUT2D eigenvalue weighted by atomic mass is 79.9. The van der Waals surface area contributed by atoms with E-state index in [2.05, 4.69) is 20.9 Å². The predicted octanol–water partition coefficient (Wildman–Crippen LogP) is 3.36. The highest BCUT2D eigenvalue weighted by Crippen LogP contribution is 2.29. The van der Waals surface area contributed by atoms with Crippen molar-refractivity contribution in [2.45, 2.75) is 19.4 Å². The van der Waals surface area contributed by atoms with Gasteiger partial charge in [0.05, 0.1) is 5.54 Å². The van der Waals surface area contributed by atoms with E-state index in [1.54, 1.807) is 11.3 Å². The number of furan rings is 1. The highest BCUT2D eigenvalue weighted by molar-refractivity contribution is 9.10. The summed E-state index contributed by atoms with van der Waals surface area (Å²) in [5.41, 5.74) is 6.40. The zero-order valence-electron chi connectivity index (χ0n) is 8.45. The molecule has 0 aliphatic rings. The molecular formula is C10H11BrN2OS. The summed E-state index contributed by atoms with van der Waals surface area (Å²) in [6.07, 6.45) is 0. The van der Waals surface area contributed by atoms with Crippen LogP contribution in [0.2, 0.25) is 0 Å². The summed E-state index contributed by atoms with van der Waals surface area (Å²) in [5, 5.41) is 2.86. The highest BCUT2D eigenvalue weighted by Gasteiger charge is 2.19. The summed E-state index contributed by atoms with van der Waals surface area (Å²) >= 11 is 4.81. The Hall–Kier alpha value is -0.650. The van der Waals surface area contributed by atoms with Crippen LogP contribution in [0, 0.1) is 0 Å². The van der Waals surface area contributed by atoms with Gasteiger partial charge in [0.1, 0.15) is 10.7 Å². The molecule has 0 saturated heterocycles. The van der Waals surface area contributed by atoms with Crippen LogP contribution >= 0.6 is 27.3 Å². The SMILES string of the molecule is CC(C)(N)c1nc(-c2ccc(Br)o2)cs1. The number of rotatable bonds is 2. The second kappa shape index (κ2) is 3.73. The van der Waals surface area contributed by atoms with Crippen molar-refractivity contribution < 1.29 is 4.42 Å². The number of aromatic nitrogens is 1. The lowest BCUT2D eigenvalue weighted by Crippen LogP contribution is -2.28. The van der Waals surface area contributed by atoms with E-state index in [9.17, 15) is 0 Å². The number of hydrogen-bond acceptors (Lipinski definition) is 4. The molecular weight excluding hydrogens is 276 g/mol. The Morgan fingerprint density at radius 1 is 1.47 bits per heavy atom. The first-order chi connectivity index (χ1) is 6.97. The number of nitrogens with two attached hydrogens (primary N) is 1. The first kappa shape index (κ1) is 10.9. The van der Waals surface area contributed by atoms with Crippen LogP contribution in [0.15, 0.2) is 26.6 Å². The van der Waals surface area contributed by atoms with E-state index in [0.717, 1.165) is 16.5 Å². The van der Waals surface area contributed by atoms with Crippen molar-refractivity contribution in [3.8, 4) is 11.5 Å². The normalized spacial score (nSPS) is 12.0. The quantitative estimate of drug-likeness (QED) is 0.921. The van der Waals surface area contributed by atoms with Crippen LogP contribution in [0.25, 0.3) is 11.5 Å². The fourth-order valence-electron chi connectivity index (χ4n) is 1.13. The standard InChI is InChI=1S/C10H11BrN2OS/c1-10(2,12)9-13-6(5-15-9)7-3-4-8(11)14-7/h3-5H,12H2,1-2H3. The third kappa shape index (κ3) is 2.30. The Morgan fingerprint density at radius 3 is 2.67 bits per heavy atom. The Labute approximate surface area is 100 Å². The fraction of sp³-hybridized carbons (Fsp3) is 0.300. The largest absolute Gasteiger partial charge is 0.448 e. The van der Waals surface area contributed by atoms with Crippen molar-refractivity contribution in [2.75, 3.05) is 0 Å². The summed E-state index contributed by atoms with van der Waals surface area (Å²) in [6, 6.07) is 3.73. The van der Waals surface area contributed by atoms with Crippen molar-refractivity contribution in [1.82, 2.24) is 4.98 Å². The first-order valence-corrected chi connectivity index (χ1v) is 6.14. The predicted molar refractivity (Wildman–Crippen MR) is 64.7 cm³/mol. The van der Waals surface area contributed by atoms with Gasteiger partial charge in [-0.05, 0) is 41.9 Å². The minimum absolute atomic E-state index is 0.396. The molecule has 0 fully saturated rings. The van der Waals surface area contributed by atoms with E-state index in [1.807, 2.05) is 31.4 Å². The molecule has 0 radical (unpaired) electrons. The molecule has 80 valence electrons. The van der Waals surface area contributed by atoms with Gasteiger partial charge in [0.15, 0.2) is 10.4 Å². The van der Waals surface area contributed by atoms with Gasteiger partial charge in [0.2, 0.25) is 0 Å². The minimum atomic E-state index is -0.396. The van der Waals surface area contributed by atoms with Crippen LogP contribution in [0.1, 0.15) is 18.9 Å². The summed E-state index contributed by atoms with van der Waals surface area (Å²) in [7, 11) is 0. The van der Waals surface area contributed by atoms with Crippen molar-refractivity contribution in [3.63, 3.8) is 0 Å². The molecule has 0 bridgehead atoms. The van der Waals surface area contributed by atoms with Crippen LogP contribution in [-0.2, 0) is 5.54 Å². The molecule has 0 aliphatic heterocycles. The maximum absolute atomic E-state index is 5.96. The van der Waals surface area contributed by atoms with Gasteiger partial charge in [0, 0.05) is 5.38 Å². The number of thiazole rings is 1. The van der Waals surface area contributed by atoms with Gasteiger partial charge in [-0.15, -0.1) is 11.3 Å². The van der Waals surface area contributed by atoms with E-state index < -0.39 is 5.54 Å². The summed E-state index contributed by atoms with van der Waals surface area (Å²) < 4.78 is 6.12. The Kier molecular flexibility index (Phi) is 2.70. The molecule has 2 aromatic rings. The van der Waals surface area contributed by atoms with Crippen molar-refractivity contribution in [3.05, 3.63) is 27.2 Å². The van der Waals surface area contributed by atoms with Crippen LogP contribution < -0.4 is 5.73 Å². The number of hydrogen-bond donors (Lipinski definition) is 1. The van der Waals surface area contributed by atoms with E-state index in [0.29, 0.717) is 4.67 Å². The van der Waals surface area contributed by atoms with Gasteiger partial charge in [-0.3, -0.25) is 0 Å². The van der Waals surface area contributed by atoms with Crippen LogP contribution in [-0.4, -0.2) is 4.98 Å². The van der Waals surface area contributed by atoms with E-state index in [1.165, 1.54) is 0 Å². The molecule has 0 amide bonds. The molecule has 2 rings (SSSR count). The van der Waals surface area contributed by atoms with Crippen LogP contribution in [0.4, 0.5) is 0 Å². The molecule has 3 nitrogen and oxygen atoms in total. The molecule has 0 atom stereocenters. The number of halogens is 1. The van der Waals surface area contributed by atoms with Crippen molar-refractivity contribution in [2.24, 2.45) is 5.73 Å². The topological polar surface area (TPSA) is 52.0 Å². The van der Waals surface area contributed by atoms with E-state index in [4.69, 9.17) is 10.2 Å². The molecule has 2 N–H and O–H groups in total. The molecule has 2 aromatic heterocycles. The molecule has 0 unspecified atom stereocenters. The lowest BCUT2D eigenvalue weighted by atomic mass is 10.1. The Bertz CT molecular complexity index is 470. The van der Waals surface area contributed by atoms with Gasteiger partial charge in [-0.25, -0.2) is 4.98 Å².